The second-order valence-electron chi connectivity index (χ2n) is 9.77. The molecule has 8 nitrogen and oxygen atoms in total. The first-order valence-corrected chi connectivity index (χ1v) is 13.2. The Morgan fingerprint density at radius 2 is 1.74 bits per heavy atom. The van der Waals surface area contributed by atoms with Gasteiger partial charge in [0.15, 0.2) is 5.78 Å². The Balaban J connectivity index is 1.93. The van der Waals surface area contributed by atoms with Crippen LogP contribution >= 0.6 is 0 Å². The molecular formula is C31H32F4N2O6. The van der Waals surface area contributed by atoms with Gasteiger partial charge in [0.1, 0.15) is 35.7 Å². The van der Waals surface area contributed by atoms with Crippen molar-refractivity contribution < 1.29 is 46.4 Å². The van der Waals surface area contributed by atoms with E-state index >= 15 is 0 Å². The van der Waals surface area contributed by atoms with E-state index < -0.39 is 35.1 Å². The summed E-state index contributed by atoms with van der Waals surface area (Å²) in [5.74, 6) is -1.11. The number of H-pyrrole nitrogens is 1. The monoisotopic (exact) mass is 604 g/mol. The predicted octanol–water partition coefficient (Wildman–Crippen LogP) is 6.48. The highest BCUT2D eigenvalue weighted by Gasteiger charge is 2.37. The number of likely N-dealkylation sites (N-methyl/N-ethyl adjacent to an activating group) is 1. The Morgan fingerprint density at radius 1 is 1.02 bits per heavy atom. The average molecular weight is 605 g/mol. The van der Waals surface area contributed by atoms with Gasteiger partial charge in [-0.2, -0.15) is 13.2 Å². The van der Waals surface area contributed by atoms with Crippen LogP contribution in [0.4, 0.5) is 23.2 Å². The minimum absolute atomic E-state index is 0.0163. The maximum Gasteiger partial charge on any atom is 0.419 e. The second-order valence-corrected chi connectivity index (χ2v) is 9.77. The zero-order valence-electron chi connectivity index (χ0n) is 24.2. The minimum Gasteiger partial charge on any atom is -0.496 e. The third-order valence-corrected chi connectivity index (χ3v) is 7.20. The number of aliphatic hydroxyl groups is 1. The van der Waals surface area contributed by atoms with Crippen LogP contribution in [0.15, 0.2) is 54.7 Å². The summed E-state index contributed by atoms with van der Waals surface area (Å²) in [6, 6.07) is 9.74. The molecule has 2 atom stereocenters. The molecule has 0 bridgehead atoms. The van der Waals surface area contributed by atoms with E-state index in [0.29, 0.717) is 17.0 Å². The number of Topliss-reactive ketones (excluding diaryl/α,β-unsaturated/α-hetero) is 1. The summed E-state index contributed by atoms with van der Waals surface area (Å²) in [6.45, 7) is 1.61. The van der Waals surface area contributed by atoms with E-state index in [-0.39, 0.29) is 47.1 Å². The molecule has 0 fully saturated rings. The molecule has 12 heteroatoms. The number of methoxy groups -OCH3 is 3. The maximum atomic E-state index is 14.4. The number of carbonyl (C=O) groups is 1. The predicted molar refractivity (Wildman–Crippen MR) is 153 cm³/mol. The van der Waals surface area contributed by atoms with Crippen molar-refractivity contribution in [3.8, 4) is 17.2 Å². The number of anilines is 1. The number of nitrogens with zero attached hydrogens (tertiary/aromatic N) is 1. The van der Waals surface area contributed by atoms with E-state index in [9.17, 15) is 27.5 Å². The largest absolute Gasteiger partial charge is 0.496 e. The van der Waals surface area contributed by atoms with Crippen molar-refractivity contribution in [1.29, 1.82) is 0 Å². The normalized spacial score (nSPS) is 13.1. The van der Waals surface area contributed by atoms with Gasteiger partial charge in [0.2, 0.25) is 0 Å². The second kappa shape index (κ2) is 12.9. The third kappa shape index (κ3) is 6.55. The Hall–Kier alpha value is -4.29. The van der Waals surface area contributed by atoms with E-state index in [1.807, 2.05) is 6.92 Å². The van der Waals surface area contributed by atoms with Crippen LogP contribution < -0.4 is 19.1 Å². The van der Waals surface area contributed by atoms with Gasteiger partial charge < -0.3 is 33.9 Å². The lowest BCUT2D eigenvalue weighted by atomic mass is 9.93. The number of ether oxygens (including phenoxy) is 4. The molecule has 0 spiro atoms. The smallest absolute Gasteiger partial charge is 0.419 e. The average Bonchev–Trinajstić information content (AvgIpc) is 3.41. The molecule has 0 radical (unpaired) electrons. The highest BCUT2D eigenvalue weighted by molar-refractivity contribution is 6.12. The topological polar surface area (TPSA) is 93.3 Å². The van der Waals surface area contributed by atoms with Gasteiger partial charge in [-0.05, 0) is 42.8 Å². The molecule has 3 aromatic carbocycles. The van der Waals surface area contributed by atoms with Crippen molar-refractivity contribution in [3.63, 3.8) is 0 Å². The first kappa shape index (κ1) is 31.6. The molecule has 43 heavy (non-hydrogen) atoms. The van der Waals surface area contributed by atoms with Crippen molar-refractivity contribution in [2.75, 3.05) is 46.5 Å². The van der Waals surface area contributed by atoms with Gasteiger partial charge in [-0.1, -0.05) is 0 Å². The van der Waals surface area contributed by atoms with Crippen LogP contribution in [0.1, 0.15) is 46.1 Å². The first-order valence-electron chi connectivity index (χ1n) is 13.2. The molecule has 1 heterocycles. The van der Waals surface area contributed by atoms with E-state index in [4.69, 9.17) is 18.9 Å². The minimum atomic E-state index is -4.74. The van der Waals surface area contributed by atoms with E-state index in [0.717, 1.165) is 19.2 Å². The summed E-state index contributed by atoms with van der Waals surface area (Å²) < 4.78 is 77.5. The van der Waals surface area contributed by atoms with Crippen molar-refractivity contribution in [2.24, 2.45) is 0 Å². The maximum absolute atomic E-state index is 14.4. The van der Waals surface area contributed by atoms with Gasteiger partial charge in [0.25, 0.3) is 0 Å². The quantitative estimate of drug-likeness (QED) is 0.141. The van der Waals surface area contributed by atoms with Crippen LogP contribution in [-0.4, -0.2) is 57.5 Å². The zero-order chi connectivity index (χ0) is 31.5. The summed E-state index contributed by atoms with van der Waals surface area (Å²) in [5, 5.41) is 9.32. The number of hydrogen-bond acceptors (Lipinski definition) is 7. The summed E-state index contributed by atoms with van der Waals surface area (Å²) in [4.78, 5) is 18.9. The number of carbonyl (C=O) groups excluding carboxylic acids is 1. The number of aromatic nitrogens is 1. The van der Waals surface area contributed by atoms with Gasteiger partial charge in [-0.15, -0.1) is 0 Å². The highest BCUT2D eigenvalue weighted by atomic mass is 19.4. The van der Waals surface area contributed by atoms with Crippen LogP contribution in [0.2, 0.25) is 0 Å². The van der Waals surface area contributed by atoms with Crippen LogP contribution in [0.5, 0.6) is 17.2 Å². The molecule has 230 valence electrons. The Kier molecular flexibility index (Phi) is 9.51. The van der Waals surface area contributed by atoms with Gasteiger partial charge in [0, 0.05) is 66.3 Å². The molecule has 0 aliphatic heterocycles. The fourth-order valence-corrected chi connectivity index (χ4v) is 4.90. The fraction of sp³-hybridized carbons (Fsp3) is 0.323. The zero-order valence-corrected chi connectivity index (χ0v) is 24.2. The number of hydrogen-bond donors (Lipinski definition) is 2. The van der Waals surface area contributed by atoms with Crippen molar-refractivity contribution in [2.45, 2.75) is 25.2 Å². The summed E-state index contributed by atoms with van der Waals surface area (Å²) in [6.07, 6.45) is -3.77. The highest BCUT2D eigenvalue weighted by Crippen LogP contribution is 2.42. The number of fused-ring (bicyclic) bond motifs is 1. The van der Waals surface area contributed by atoms with E-state index in [1.54, 1.807) is 30.1 Å². The first-order chi connectivity index (χ1) is 20.4. The Labute approximate surface area is 245 Å². The lowest BCUT2D eigenvalue weighted by Crippen LogP contribution is -2.31. The summed E-state index contributed by atoms with van der Waals surface area (Å²) in [7, 11) is 5.62. The van der Waals surface area contributed by atoms with Crippen LogP contribution in [0.3, 0.4) is 0 Å². The number of aliphatic hydroxyl groups excluding tert-OH is 1. The molecule has 1 aromatic heterocycles. The van der Waals surface area contributed by atoms with E-state index in [1.165, 1.54) is 38.6 Å². The number of nitrogens with one attached hydrogen (secondary N) is 1. The third-order valence-electron chi connectivity index (χ3n) is 7.20. The summed E-state index contributed by atoms with van der Waals surface area (Å²) >= 11 is 0. The fourth-order valence-electron chi connectivity index (χ4n) is 4.90. The molecule has 0 saturated carbocycles. The molecule has 0 aliphatic rings. The van der Waals surface area contributed by atoms with E-state index in [2.05, 4.69) is 4.98 Å². The number of rotatable bonds is 12. The molecule has 1 unspecified atom stereocenters. The number of aromatic amines is 1. The molecule has 4 rings (SSSR count). The van der Waals surface area contributed by atoms with Gasteiger partial charge in [0.05, 0.1) is 32.5 Å². The Morgan fingerprint density at radius 3 is 2.37 bits per heavy atom. The molecule has 4 aromatic rings. The van der Waals surface area contributed by atoms with Gasteiger partial charge >= 0.3 is 6.18 Å². The van der Waals surface area contributed by atoms with Crippen molar-refractivity contribution in [1.82, 2.24) is 4.98 Å². The van der Waals surface area contributed by atoms with Crippen molar-refractivity contribution >= 4 is 22.4 Å². The van der Waals surface area contributed by atoms with Crippen LogP contribution in [-0.2, 0) is 10.9 Å². The lowest BCUT2D eigenvalue weighted by Gasteiger charge is -2.31. The molecule has 0 aliphatic carbocycles. The van der Waals surface area contributed by atoms with Gasteiger partial charge in [-0.3, -0.25) is 4.79 Å². The molecule has 0 saturated heterocycles. The summed E-state index contributed by atoms with van der Waals surface area (Å²) in [5.41, 5.74) is 0.661. The van der Waals surface area contributed by atoms with Crippen LogP contribution in [0, 0.1) is 5.82 Å². The molecule has 2 N–H and O–H groups in total. The van der Waals surface area contributed by atoms with Gasteiger partial charge in [-0.25, -0.2) is 4.39 Å². The number of alkyl halides is 3. The lowest BCUT2D eigenvalue weighted by molar-refractivity contribution is -0.138. The molecular weight excluding hydrogens is 572 g/mol. The van der Waals surface area contributed by atoms with Crippen LogP contribution in [0.25, 0.3) is 10.9 Å². The number of benzene rings is 3. The standard InChI is InChI=1S/C31H32F4N2O6/c1-17(40-3)18-10-20(13-21(11-18)43-9-8-38)37(2)29(22-7-6-19(32)12-27(22)41-4)30(39)24-16-36-26-15-28(42-5)25(14-23(24)26)31(33,34)35/h6-7,10-17,29,36,38H,8-9H2,1-5H3/t17-,29?/m1/s1. The Bertz CT molecular complexity index is 1600. The molecule has 0 amide bonds. The SMILES string of the molecule is COc1cc(F)ccc1C(C(=O)c1c[nH]c2cc(OC)c(C(F)(F)F)cc12)N(C)c1cc(OCCO)cc([C@@H](C)OC)c1. The van der Waals surface area contributed by atoms with Crippen molar-refractivity contribution in [3.05, 3.63) is 82.8 Å². The number of halogens is 4. The number of ketones is 1.